The second-order valence-corrected chi connectivity index (χ2v) is 8.08. The van der Waals surface area contributed by atoms with Crippen LogP contribution in [0.3, 0.4) is 0 Å². The van der Waals surface area contributed by atoms with Crippen molar-refractivity contribution in [1.82, 2.24) is 10.2 Å². The first-order valence-electron chi connectivity index (χ1n) is 7.67. The first-order chi connectivity index (χ1) is 12.2. The van der Waals surface area contributed by atoms with E-state index in [1.54, 1.807) is 30.3 Å². The maximum absolute atomic E-state index is 12.3. The Labute approximate surface area is 149 Å². The first-order valence-corrected chi connectivity index (χ1v) is 9.39. The van der Waals surface area contributed by atoms with Crippen molar-refractivity contribution in [3.8, 4) is 5.75 Å². The van der Waals surface area contributed by atoms with Crippen LogP contribution in [0.2, 0.25) is 0 Å². The van der Waals surface area contributed by atoms with Gasteiger partial charge in [0, 0.05) is 0 Å². The van der Waals surface area contributed by atoms with Gasteiger partial charge in [-0.25, -0.2) is 13.2 Å². The molecule has 0 aromatic heterocycles. The Balaban J connectivity index is 1.72. The van der Waals surface area contributed by atoms with E-state index in [0.29, 0.717) is 5.75 Å². The molecule has 138 valence electrons. The Morgan fingerprint density at radius 3 is 2.58 bits per heavy atom. The number of amides is 2. The molecule has 3 rings (SSSR count). The molecular formula is C16H16N2O7S. The Morgan fingerprint density at radius 1 is 1.31 bits per heavy atom. The smallest absolute Gasteiger partial charge is 0.352 e. The number of rotatable bonds is 5. The number of carboxylic acid groups (broad SMARTS) is 1. The van der Waals surface area contributed by atoms with E-state index < -0.39 is 51.4 Å². The molecule has 10 heteroatoms. The molecule has 1 saturated heterocycles. The van der Waals surface area contributed by atoms with Crippen LogP contribution >= 0.6 is 0 Å². The lowest BCUT2D eigenvalue weighted by molar-refractivity contribution is -0.151. The van der Waals surface area contributed by atoms with Crippen LogP contribution in [-0.2, 0) is 24.2 Å². The van der Waals surface area contributed by atoms with Gasteiger partial charge in [-0.1, -0.05) is 18.2 Å². The first kappa shape index (κ1) is 17.9. The highest BCUT2D eigenvalue weighted by Gasteiger charge is 2.60. The quantitative estimate of drug-likeness (QED) is 0.659. The van der Waals surface area contributed by atoms with Crippen LogP contribution in [0, 0.1) is 0 Å². The molecule has 1 fully saturated rings. The molecule has 9 nitrogen and oxygen atoms in total. The topological polar surface area (TPSA) is 130 Å². The number of hydrogen-bond acceptors (Lipinski definition) is 6. The fourth-order valence-corrected chi connectivity index (χ4v) is 5.07. The van der Waals surface area contributed by atoms with Crippen molar-refractivity contribution in [2.24, 2.45) is 0 Å². The van der Waals surface area contributed by atoms with Gasteiger partial charge in [0.1, 0.15) is 17.5 Å². The van der Waals surface area contributed by atoms with Crippen LogP contribution in [0.25, 0.3) is 0 Å². The minimum absolute atomic E-state index is 0.0827. The Morgan fingerprint density at radius 2 is 1.96 bits per heavy atom. The fourth-order valence-electron chi connectivity index (χ4n) is 3.03. The Hall–Kier alpha value is -2.88. The summed E-state index contributed by atoms with van der Waals surface area (Å²) in [4.78, 5) is 36.3. The molecule has 0 spiro atoms. The summed E-state index contributed by atoms with van der Waals surface area (Å²) < 4.78 is 29.9. The average Bonchev–Trinajstić information content (AvgIpc) is 2.57. The fraction of sp³-hybridized carbons (Fsp3) is 0.312. The molecule has 1 aromatic carbocycles. The minimum atomic E-state index is -3.81. The van der Waals surface area contributed by atoms with Crippen molar-refractivity contribution in [3.63, 3.8) is 0 Å². The number of ether oxygens (including phenoxy) is 1. The van der Waals surface area contributed by atoms with E-state index in [9.17, 15) is 27.9 Å². The molecule has 0 radical (unpaired) electrons. The number of carbonyl (C=O) groups is 3. The number of fused-ring (bicyclic) bond motifs is 1. The molecule has 26 heavy (non-hydrogen) atoms. The van der Waals surface area contributed by atoms with Crippen LogP contribution in [0.4, 0.5) is 0 Å². The molecule has 0 saturated carbocycles. The second kappa shape index (κ2) is 6.45. The lowest BCUT2D eigenvalue weighted by Crippen LogP contribution is -2.74. The number of nitrogens with zero attached hydrogens (tertiary/aromatic N) is 1. The van der Waals surface area contributed by atoms with Gasteiger partial charge in [-0.3, -0.25) is 14.5 Å². The third kappa shape index (κ3) is 3.03. The molecule has 2 N–H and O–H groups in total. The van der Waals surface area contributed by atoms with Gasteiger partial charge in [0.2, 0.25) is 0 Å². The van der Waals surface area contributed by atoms with Crippen molar-refractivity contribution in [1.29, 1.82) is 0 Å². The van der Waals surface area contributed by atoms with Gasteiger partial charge < -0.3 is 15.2 Å². The van der Waals surface area contributed by atoms with Crippen molar-refractivity contribution in [2.45, 2.75) is 18.3 Å². The lowest BCUT2D eigenvalue weighted by atomic mass is 10.0. The molecule has 2 aliphatic heterocycles. The third-order valence-electron chi connectivity index (χ3n) is 4.11. The van der Waals surface area contributed by atoms with Gasteiger partial charge >= 0.3 is 5.97 Å². The summed E-state index contributed by atoms with van der Waals surface area (Å²) in [5, 5.41) is 10.1. The van der Waals surface area contributed by atoms with Crippen molar-refractivity contribution < 1.29 is 32.6 Å². The van der Waals surface area contributed by atoms with Gasteiger partial charge in [-0.05, 0) is 24.6 Å². The number of benzene rings is 1. The summed E-state index contributed by atoms with van der Waals surface area (Å²) in [6, 6.07) is 7.17. The molecule has 2 heterocycles. The largest absolute Gasteiger partial charge is 0.484 e. The predicted octanol–water partition coefficient (Wildman–Crippen LogP) is -0.494. The summed E-state index contributed by atoms with van der Waals surface area (Å²) in [6.07, 6.45) is 0. The SMILES string of the molecule is CC1=C(C(=O)O)N2C(=O)C(NC(=O)COc3ccccc3)[C@H]2S(=O)(=O)C1. The van der Waals surface area contributed by atoms with E-state index in [1.165, 1.54) is 6.92 Å². The number of β-lactam (4-membered cyclic amide) rings is 1. The summed E-state index contributed by atoms with van der Waals surface area (Å²) in [6.45, 7) is 0.950. The maximum atomic E-state index is 12.3. The highest BCUT2D eigenvalue weighted by atomic mass is 32.2. The number of carboxylic acids is 1. The van der Waals surface area contributed by atoms with Crippen molar-refractivity contribution in [2.75, 3.05) is 12.4 Å². The monoisotopic (exact) mass is 380 g/mol. The molecule has 1 unspecified atom stereocenters. The highest BCUT2D eigenvalue weighted by Crippen LogP contribution is 2.36. The summed E-state index contributed by atoms with van der Waals surface area (Å²) in [5.74, 6) is -2.86. The molecular weight excluding hydrogens is 364 g/mol. The summed E-state index contributed by atoms with van der Waals surface area (Å²) in [7, 11) is -3.81. The van der Waals surface area contributed by atoms with E-state index >= 15 is 0 Å². The van der Waals surface area contributed by atoms with Crippen LogP contribution in [0.15, 0.2) is 41.6 Å². The summed E-state index contributed by atoms with van der Waals surface area (Å²) in [5.41, 5.74) is -0.264. The zero-order chi connectivity index (χ0) is 19.1. The molecule has 2 atom stereocenters. The van der Waals surface area contributed by atoms with Gasteiger partial charge in [-0.2, -0.15) is 0 Å². The van der Waals surface area contributed by atoms with Crippen molar-refractivity contribution in [3.05, 3.63) is 41.6 Å². The maximum Gasteiger partial charge on any atom is 0.352 e. The molecule has 2 aliphatic rings. The normalized spacial score (nSPS) is 23.7. The Bertz CT molecular complexity index is 908. The average molecular weight is 380 g/mol. The Kier molecular flexibility index (Phi) is 4.45. The summed E-state index contributed by atoms with van der Waals surface area (Å²) >= 11 is 0. The van der Waals surface area contributed by atoms with Gasteiger partial charge in [-0.15, -0.1) is 0 Å². The van der Waals surface area contributed by atoms with Crippen LogP contribution in [-0.4, -0.2) is 60.0 Å². The molecule has 2 amide bonds. The third-order valence-corrected chi connectivity index (χ3v) is 6.16. The van der Waals surface area contributed by atoms with E-state index in [0.717, 1.165) is 4.90 Å². The van der Waals surface area contributed by atoms with E-state index in [1.807, 2.05) is 0 Å². The minimum Gasteiger partial charge on any atom is -0.484 e. The molecule has 0 aliphatic carbocycles. The number of nitrogens with one attached hydrogen (secondary N) is 1. The van der Waals surface area contributed by atoms with E-state index in [-0.39, 0.29) is 11.3 Å². The number of sulfone groups is 1. The standard InChI is InChI=1S/C16H16N2O7S/c1-9-8-26(23,24)15-12(14(20)18(15)13(9)16(21)22)17-11(19)7-25-10-5-3-2-4-6-10/h2-6,12,15H,7-8H2,1H3,(H,17,19)(H,21,22)/t12?,15-/m1/s1. The van der Waals surface area contributed by atoms with Crippen LogP contribution in [0.5, 0.6) is 5.75 Å². The number of para-hydroxylation sites is 1. The zero-order valence-electron chi connectivity index (χ0n) is 13.7. The lowest BCUT2D eigenvalue weighted by Gasteiger charge is -2.48. The van der Waals surface area contributed by atoms with Gasteiger partial charge in [0.05, 0.1) is 5.75 Å². The highest BCUT2D eigenvalue weighted by molar-refractivity contribution is 7.92. The molecule has 0 bridgehead atoms. The van der Waals surface area contributed by atoms with Gasteiger partial charge in [0.15, 0.2) is 21.8 Å². The second-order valence-electron chi connectivity index (χ2n) is 5.99. The zero-order valence-corrected chi connectivity index (χ0v) is 14.5. The van der Waals surface area contributed by atoms with Crippen LogP contribution in [0.1, 0.15) is 6.92 Å². The number of carbonyl (C=O) groups excluding carboxylic acids is 2. The van der Waals surface area contributed by atoms with Crippen LogP contribution < -0.4 is 10.1 Å². The number of hydrogen-bond donors (Lipinski definition) is 2. The number of aliphatic carboxylic acids is 1. The molecule has 1 aromatic rings. The van der Waals surface area contributed by atoms with E-state index in [2.05, 4.69) is 5.32 Å². The van der Waals surface area contributed by atoms with Gasteiger partial charge in [0.25, 0.3) is 11.8 Å². The predicted molar refractivity (Wildman–Crippen MR) is 88.6 cm³/mol. The van der Waals surface area contributed by atoms with Crippen molar-refractivity contribution >= 4 is 27.6 Å². The van der Waals surface area contributed by atoms with E-state index in [4.69, 9.17) is 4.74 Å².